The van der Waals surface area contributed by atoms with Crippen LogP contribution in [0.2, 0.25) is 5.02 Å². The number of amides is 1. The van der Waals surface area contributed by atoms with E-state index in [1.807, 2.05) is 38.2 Å². The van der Waals surface area contributed by atoms with Crippen molar-refractivity contribution in [1.29, 1.82) is 0 Å². The summed E-state index contributed by atoms with van der Waals surface area (Å²) in [5, 5.41) is 15.4. The summed E-state index contributed by atoms with van der Waals surface area (Å²) in [6.45, 7) is 3.93. The van der Waals surface area contributed by atoms with Crippen LogP contribution in [0.1, 0.15) is 42.6 Å². The number of aryl methyl sites for hydroxylation is 2. The van der Waals surface area contributed by atoms with Gasteiger partial charge in [0.1, 0.15) is 30.0 Å². The minimum Gasteiger partial charge on any atom is -0.487 e. The van der Waals surface area contributed by atoms with Gasteiger partial charge in [0.2, 0.25) is 5.91 Å². The van der Waals surface area contributed by atoms with Gasteiger partial charge in [-0.25, -0.2) is 19.0 Å². The van der Waals surface area contributed by atoms with Gasteiger partial charge in [0.25, 0.3) is 0 Å². The number of hydrogen-bond donors (Lipinski definition) is 1. The van der Waals surface area contributed by atoms with Gasteiger partial charge < -0.3 is 14.7 Å². The first kappa shape index (κ1) is 25.1. The molecule has 2 atom stereocenters. The standard InChI is InChI=1S/C27H27ClFN5O3/c1-15-9-21(27-30-14-31-33(27)3)19-5-4-6-24(26(19)32-15)37-13-22-20(10-17(29)11-23(22)28)16(2)34-12-18(35)7-8-25(34)36/h4-6,9-11,14,16,18,35H,7-8,12-13H2,1-3H3/t16-,18-/m0/s1. The molecule has 0 bridgehead atoms. The number of carbonyl (C=O) groups is 1. The first-order valence-corrected chi connectivity index (χ1v) is 12.4. The smallest absolute Gasteiger partial charge is 0.223 e. The largest absolute Gasteiger partial charge is 0.487 e. The molecular weight excluding hydrogens is 497 g/mol. The van der Waals surface area contributed by atoms with Crippen molar-refractivity contribution in [3.05, 3.63) is 70.4 Å². The van der Waals surface area contributed by atoms with Crippen molar-refractivity contribution in [2.45, 2.75) is 45.4 Å². The topological polar surface area (TPSA) is 93.4 Å². The van der Waals surface area contributed by atoms with Gasteiger partial charge in [-0.05, 0) is 50.1 Å². The van der Waals surface area contributed by atoms with Crippen LogP contribution in [-0.2, 0) is 18.4 Å². The second-order valence-corrected chi connectivity index (χ2v) is 9.74. The van der Waals surface area contributed by atoms with Gasteiger partial charge in [0, 0.05) is 42.2 Å². The minimum absolute atomic E-state index is 0.0391. The highest BCUT2D eigenvalue weighted by Gasteiger charge is 2.30. The van der Waals surface area contributed by atoms with Crippen LogP contribution in [0.25, 0.3) is 22.3 Å². The van der Waals surface area contributed by atoms with E-state index in [0.29, 0.717) is 34.6 Å². The molecule has 3 heterocycles. The predicted molar refractivity (Wildman–Crippen MR) is 138 cm³/mol. The number of likely N-dealkylation sites (tertiary alicyclic amines) is 1. The maximum atomic E-state index is 14.4. The number of halogens is 2. The lowest BCUT2D eigenvalue weighted by atomic mass is 9.97. The molecule has 0 saturated carbocycles. The number of pyridine rings is 1. The maximum Gasteiger partial charge on any atom is 0.223 e. The molecule has 1 N–H and O–H groups in total. The van der Waals surface area contributed by atoms with E-state index in [9.17, 15) is 14.3 Å². The molecule has 0 radical (unpaired) electrons. The zero-order valence-corrected chi connectivity index (χ0v) is 21.5. The maximum absolute atomic E-state index is 14.4. The van der Waals surface area contributed by atoms with E-state index in [0.717, 1.165) is 16.6 Å². The lowest BCUT2D eigenvalue weighted by molar-refractivity contribution is -0.139. The van der Waals surface area contributed by atoms with Crippen LogP contribution in [0, 0.1) is 12.7 Å². The number of benzene rings is 2. The molecule has 0 spiro atoms. The summed E-state index contributed by atoms with van der Waals surface area (Å²) in [5.74, 6) is 0.651. The summed E-state index contributed by atoms with van der Waals surface area (Å²) in [5.41, 5.74) is 3.43. The van der Waals surface area contributed by atoms with Crippen LogP contribution >= 0.6 is 11.6 Å². The van der Waals surface area contributed by atoms with Crippen molar-refractivity contribution >= 4 is 28.4 Å². The van der Waals surface area contributed by atoms with E-state index in [1.54, 1.807) is 16.5 Å². The van der Waals surface area contributed by atoms with E-state index < -0.39 is 18.0 Å². The fraction of sp³-hybridized carbons (Fsp3) is 0.333. The molecule has 0 unspecified atom stereocenters. The third-order valence-electron chi connectivity index (χ3n) is 6.79. The number of para-hydroxylation sites is 1. The molecule has 2 aromatic heterocycles. The van der Waals surface area contributed by atoms with Crippen LogP contribution < -0.4 is 4.74 Å². The lowest BCUT2D eigenvalue weighted by Crippen LogP contribution is -2.44. The highest BCUT2D eigenvalue weighted by Crippen LogP contribution is 2.35. The summed E-state index contributed by atoms with van der Waals surface area (Å²) in [7, 11) is 1.83. The van der Waals surface area contributed by atoms with Crippen molar-refractivity contribution in [3.8, 4) is 17.1 Å². The van der Waals surface area contributed by atoms with Gasteiger partial charge >= 0.3 is 0 Å². The van der Waals surface area contributed by atoms with Crippen LogP contribution in [0.3, 0.4) is 0 Å². The summed E-state index contributed by atoms with van der Waals surface area (Å²) < 4.78 is 22.4. The first-order chi connectivity index (χ1) is 17.7. The molecule has 1 fully saturated rings. The Kier molecular flexibility index (Phi) is 6.83. The molecule has 37 heavy (non-hydrogen) atoms. The first-order valence-electron chi connectivity index (χ1n) is 12.1. The van der Waals surface area contributed by atoms with Crippen molar-refractivity contribution in [2.24, 2.45) is 7.05 Å². The van der Waals surface area contributed by atoms with E-state index in [2.05, 4.69) is 10.1 Å². The Hall–Kier alpha value is -3.56. The van der Waals surface area contributed by atoms with Gasteiger partial charge in [0.05, 0.1) is 17.2 Å². The second-order valence-electron chi connectivity index (χ2n) is 9.33. The molecular formula is C27H27ClFN5O3. The fourth-order valence-electron chi connectivity index (χ4n) is 4.89. The van der Waals surface area contributed by atoms with E-state index in [-0.39, 0.29) is 30.5 Å². The molecule has 192 valence electrons. The van der Waals surface area contributed by atoms with Crippen LogP contribution in [0.15, 0.2) is 42.7 Å². The number of rotatable bonds is 6. The zero-order valence-electron chi connectivity index (χ0n) is 20.8. The normalized spacial score (nSPS) is 16.9. The monoisotopic (exact) mass is 523 g/mol. The van der Waals surface area contributed by atoms with E-state index in [1.165, 1.54) is 18.5 Å². The number of nitrogens with zero attached hydrogens (tertiary/aromatic N) is 5. The lowest BCUT2D eigenvalue weighted by Gasteiger charge is -2.36. The molecule has 4 aromatic rings. The molecule has 5 rings (SSSR count). The Labute approximate surface area is 218 Å². The van der Waals surface area contributed by atoms with Crippen molar-refractivity contribution in [1.82, 2.24) is 24.6 Å². The number of aliphatic hydroxyl groups excluding tert-OH is 1. The number of ether oxygens (including phenoxy) is 1. The minimum atomic E-state index is -0.614. The van der Waals surface area contributed by atoms with Gasteiger partial charge in [-0.2, -0.15) is 5.10 Å². The van der Waals surface area contributed by atoms with Crippen LogP contribution in [0.5, 0.6) is 5.75 Å². The van der Waals surface area contributed by atoms with Crippen LogP contribution in [-0.4, -0.2) is 48.3 Å². The van der Waals surface area contributed by atoms with Crippen molar-refractivity contribution < 1.29 is 19.0 Å². The Balaban J connectivity index is 1.51. The summed E-state index contributed by atoms with van der Waals surface area (Å²) in [4.78, 5) is 23.3. The third kappa shape index (κ3) is 4.89. The van der Waals surface area contributed by atoms with E-state index in [4.69, 9.17) is 21.3 Å². The molecule has 10 heteroatoms. The fourth-order valence-corrected chi connectivity index (χ4v) is 5.15. The zero-order chi connectivity index (χ0) is 26.3. The average molecular weight is 524 g/mol. The SMILES string of the molecule is Cc1cc(-c2ncnn2C)c2cccc(OCc3c(Cl)cc(F)cc3[C@H](C)N3C[C@@H](O)CCC3=O)c2n1. The Bertz CT molecular complexity index is 1490. The molecule has 0 aliphatic carbocycles. The van der Waals surface area contributed by atoms with Gasteiger partial charge in [-0.3, -0.25) is 4.79 Å². The third-order valence-corrected chi connectivity index (χ3v) is 7.12. The number of β-amino-alcohol motifs (C(OH)–C–C–N with tert-alkyl or cyclic N) is 1. The number of fused-ring (bicyclic) bond motifs is 1. The quantitative estimate of drug-likeness (QED) is 0.392. The van der Waals surface area contributed by atoms with Crippen LogP contribution in [0.4, 0.5) is 4.39 Å². The van der Waals surface area contributed by atoms with Gasteiger partial charge in [-0.1, -0.05) is 23.7 Å². The molecule has 1 amide bonds. The Morgan fingerprint density at radius 2 is 2.11 bits per heavy atom. The predicted octanol–water partition coefficient (Wildman–Crippen LogP) is 4.75. The molecule has 8 nitrogen and oxygen atoms in total. The molecule has 1 aliphatic rings. The number of aliphatic hydroxyl groups is 1. The molecule has 1 aliphatic heterocycles. The highest BCUT2D eigenvalue weighted by atomic mass is 35.5. The van der Waals surface area contributed by atoms with Crippen molar-refractivity contribution in [3.63, 3.8) is 0 Å². The van der Waals surface area contributed by atoms with Crippen molar-refractivity contribution in [2.75, 3.05) is 6.54 Å². The molecule has 1 saturated heterocycles. The second kappa shape index (κ2) is 10.1. The number of carbonyl (C=O) groups excluding carboxylic acids is 1. The van der Waals surface area contributed by atoms with Gasteiger partial charge in [0.15, 0.2) is 5.82 Å². The summed E-state index contributed by atoms with van der Waals surface area (Å²) in [6, 6.07) is 9.71. The van der Waals surface area contributed by atoms with E-state index >= 15 is 0 Å². The molecule has 2 aromatic carbocycles. The van der Waals surface area contributed by atoms with Gasteiger partial charge in [-0.15, -0.1) is 0 Å². The summed E-state index contributed by atoms with van der Waals surface area (Å²) >= 11 is 6.50. The number of aromatic nitrogens is 4. The Morgan fingerprint density at radius 3 is 2.86 bits per heavy atom. The number of piperidine rings is 1. The number of hydrogen-bond acceptors (Lipinski definition) is 6. The summed E-state index contributed by atoms with van der Waals surface area (Å²) in [6.07, 6.45) is 1.56. The Morgan fingerprint density at radius 1 is 1.30 bits per heavy atom. The average Bonchev–Trinajstić information content (AvgIpc) is 3.29. The highest BCUT2D eigenvalue weighted by molar-refractivity contribution is 6.31.